The Labute approximate surface area is 133 Å². The van der Waals surface area contributed by atoms with Gasteiger partial charge in [-0.15, -0.1) is 0 Å². The van der Waals surface area contributed by atoms with Gasteiger partial charge >= 0.3 is 0 Å². The molecule has 1 aliphatic heterocycles. The number of aryl methyl sites for hydroxylation is 1. The van der Waals surface area contributed by atoms with Crippen LogP contribution in [-0.4, -0.2) is 58.9 Å². The number of rotatable bonds is 5. The molecule has 2 atom stereocenters. The molecular formula is C16H28N6. The maximum absolute atomic E-state index is 4.34. The molecule has 2 fully saturated rings. The number of aromatic nitrogens is 2. The van der Waals surface area contributed by atoms with E-state index in [-0.39, 0.29) is 0 Å². The Kier molecular flexibility index (Phi) is 4.66. The van der Waals surface area contributed by atoms with Crippen LogP contribution in [0.2, 0.25) is 0 Å². The van der Waals surface area contributed by atoms with Crippen LogP contribution in [0, 0.1) is 6.92 Å². The quantitative estimate of drug-likeness (QED) is 0.629. The zero-order chi connectivity index (χ0) is 15.5. The summed E-state index contributed by atoms with van der Waals surface area (Å²) in [5, 5.41) is 11.3. The summed E-state index contributed by atoms with van der Waals surface area (Å²) < 4.78 is 1.96. The molecule has 0 amide bonds. The van der Waals surface area contributed by atoms with Crippen LogP contribution < -0.4 is 10.6 Å². The van der Waals surface area contributed by atoms with E-state index in [0.717, 1.165) is 31.6 Å². The van der Waals surface area contributed by atoms with Crippen LogP contribution in [0.25, 0.3) is 0 Å². The summed E-state index contributed by atoms with van der Waals surface area (Å²) in [7, 11) is 1.84. The number of nitrogens with zero attached hydrogens (tertiary/aromatic N) is 4. The highest BCUT2D eigenvalue weighted by Gasteiger charge is 2.38. The first-order chi connectivity index (χ1) is 10.7. The fraction of sp³-hybridized carbons (Fsp3) is 0.750. The van der Waals surface area contributed by atoms with Crippen LogP contribution in [0.3, 0.4) is 0 Å². The number of likely N-dealkylation sites (tertiary alicyclic amines) is 1. The topological polar surface area (TPSA) is 57.5 Å². The zero-order valence-corrected chi connectivity index (χ0v) is 13.9. The second-order valence-electron chi connectivity index (χ2n) is 6.63. The van der Waals surface area contributed by atoms with Gasteiger partial charge in [0, 0.05) is 44.5 Å². The molecule has 0 aromatic carbocycles. The molecule has 2 N–H and O–H groups in total. The Morgan fingerprint density at radius 3 is 2.91 bits per heavy atom. The average Bonchev–Trinajstić information content (AvgIpc) is 3.16. The molecule has 3 rings (SSSR count). The molecule has 6 nitrogen and oxygen atoms in total. The molecule has 0 bridgehead atoms. The lowest BCUT2D eigenvalue weighted by Crippen LogP contribution is -2.45. The molecule has 1 aliphatic carbocycles. The van der Waals surface area contributed by atoms with Gasteiger partial charge < -0.3 is 10.6 Å². The largest absolute Gasteiger partial charge is 0.355 e. The highest BCUT2D eigenvalue weighted by atomic mass is 15.3. The van der Waals surface area contributed by atoms with Crippen molar-refractivity contribution in [2.75, 3.05) is 20.1 Å². The van der Waals surface area contributed by atoms with Crippen LogP contribution in [-0.2, 0) is 6.54 Å². The number of guanidine groups is 1. The van der Waals surface area contributed by atoms with E-state index >= 15 is 0 Å². The van der Waals surface area contributed by atoms with E-state index in [1.54, 1.807) is 0 Å². The molecule has 2 heterocycles. The van der Waals surface area contributed by atoms with Gasteiger partial charge in [-0.25, -0.2) is 0 Å². The molecule has 122 valence electrons. The Morgan fingerprint density at radius 2 is 2.27 bits per heavy atom. The van der Waals surface area contributed by atoms with Gasteiger partial charge in [-0.05, 0) is 38.7 Å². The molecule has 22 heavy (non-hydrogen) atoms. The van der Waals surface area contributed by atoms with Crippen molar-refractivity contribution in [2.24, 2.45) is 4.99 Å². The second kappa shape index (κ2) is 6.69. The molecule has 0 radical (unpaired) electrons. The van der Waals surface area contributed by atoms with E-state index in [2.05, 4.69) is 45.7 Å². The van der Waals surface area contributed by atoms with E-state index in [4.69, 9.17) is 0 Å². The normalized spacial score (nSPS) is 26.4. The van der Waals surface area contributed by atoms with Crippen molar-refractivity contribution < 1.29 is 0 Å². The number of nitrogens with one attached hydrogen (secondary N) is 2. The van der Waals surface area contributed by atoms with Crippen molar-refractivity contribution in [3.63, 3.8) is 0 Å². The van der Waals surface area contributed by atoms with E-state index < -0.39 is 0 Å². The van der Waals surface area contributed by atoms with E-state index in [1.807, 2.05) is 17.9 Å². The summed E-state index contributed by atoms with van der Waals surface area (Å²) in [4.78, 5) is 6.99. The maximum Gasteiger partial charge on any atom is 0.191 e. The van der Waals surface area contributed by atoms with Gasteiger partial charge in [-0.1, -0.05) is 0 Å². The molecule has 0 spiro atoms. The summed E-state index contributed by atoms with van der Waals surface area (Å²) in [5.41, 5.74) is 1.20. The van der Waals surface area contributed by atoms with Crippen LogP contribution in [0.4, 0.5) is 0 Å². The number of hydrogen-bond donors (Lipinski definition) is 2. The van der Waals surface area contributed by atoms with Gasteiger partial charge in [0.1, 0.15) is 0 Å². The summed E-state index contributed by atoms with van der Waals surface area (Å²) in [6.45, 7) is 7.23. The molecule has 2 unspecified atom stereocenters. The minimum absolute atomic E-state index is 0.508. The Hall–Kier alpha value is -1.56. The smallest absolute Gasteiger partial charge is 0.191 e. The first-order valence-electron chi connectivity index (χ1n) is 8.37. The summed E-state index contributed by atoms with van der Waals surface area (Å²) in [6, 6.07) is 2.05. The Balaban J connectivity index is 1.42. The van der Waals surface area contributed by atoms with Gasteiger partial charge in [-0.2, -0.15) is 5.10 Å². The lowest BCUT2D eigenvalue weighted by Gasteiger charge is -2.20. The van der Waals surface area contributed by atoms with Crippen molar-refractivity contribution in [3.05, 3.63) is 18.0 Å². The SMILES string of the molecule is CN=C(NCCn1cc(C)cn1)NC1CC(C)N(C2CC2)C1. The van der Waals surface area contributed by atoms with Crippen LogP contribution in [0.15, 0.2) is 17.4 Å². The van der Waals surface area contributed by atoms with Crippen molar-refractivity contribution in [2.45, 2.75) is 57.8 Å². The second-order valence-corrected chi connectivity index (χ2v) is 6.63. The lowest BCUT2D eigenvalue weighted by molar-refractivity contribution is 0.256. The third-order valence-electron chi connectivity index (χ3n) is 4.60. The molecule has 1 saturated carbocycles. The fourth-order valence-electron chi connectivity index (χ4n) is 3.34. The van der Waals surface area contributed by atoms with E-state index in [9.17, 15) is 0 Å². The van der Waals surface area contributed by atoms with E-state index in [0.29, 0.717) is 12.1 Å². The maximum atomic E-state index is 4.34. The number of aliphatic imine (C=N–C) groups is 1. The fourth-order valence-corrected chi connectivity index (χ4v) is 3.34. The van der Waals surface area contributed by atoms with Crippen LogP contribution in [0.5, 0.6) is 0 Å². The average molecular weight is 304 g/mol. The first kappa shape index (κ1) is 15.3. The predicted octanol–water partition coefficient (Wildman–Crippen LogP) is 0.982. The molecule has 6 heteroatoms. The van der Waals surface area contributed by atoms with Gasteiger partial charge in [0.15, 0.2) is 5.96 Å². The molecule has 1 saturated heterocycles. The summed E-state index contributed by atoms with van der Waals surface area (Å²) >= 11 is 0. The summed E-state index contributed by atoms with van der Waals surface area (Å²) in [6.07, 6.45) is 7.92. The van der Waals surface area contributed by atoms with Gasteiger partial charge in [-0.3, -0.25) is 14.6 Å². The lowest BCUT2D eigenvalue weighted by atomic mass is 10.2. The number of hydrogen-bond acceptors (Lipinski definition) is 3. The molecule has 1 aromatic heterocycles. The highest BCUT2D eigenvalue weighted by molar-refractivity contribution is 5.80. The van der Waals surface area contributed by atoms with Gasteiger partial charge in [0.2, 0.25) is 0 Å². The summed E-state index contributed by atoms with van der Waals surface area (Å²) in [5.74, 6) is 0.902. The minimum Gasteiger partial charge on any atom is -0.355 e. The van der Waals surface area contributed by atoms with Crippen molar-refractivity contribution in [1.82, 2.24) is 25.3 Å². The molecular weight excluding hydrogens is 276 g/mol. The first-order valence-corrected chi connectivity index (χ1v) is 8.37. The monoisotopic (exact) mass is 304 g/mol. The van der Waals surface area contributed by atoms with Gasteiger partial charge in [0.25, 0.3) is 0 Å². The van der Waals surface area contributed by atoms with E-state index in [1.165, 1.54) is 24.8 Å². The highest BCUT2D eigenvalue weighted by Crippen LogP contribution is 2.33. The minimum atomic E-state index is 0.508. The van der Waals surface area contributed by atoms with Gasteiger partial charge in [0.05, 0.1) is 12.7 Å². The molecule has 2 aliphatic rings. The third-order valence-corrected chi connectivity index (χ3v) is 4.60. The Morgan fingerprint density at radius 1 is 1.45 bits per heavy atom. The Bertz CT molecular complexity index is 518. The van der Waals surface area contributed by atoms with Crippen LogP contribution in [0.1, 0.15) is 31.7 Å². The van der Waals surface area contributed by atoms with Crippen molar-refractivity contribution >= 4 is 5.96 Å². The van der Waals surface area contributed by atoms with Crippen molar-refractivity contribution in [3.8, 4) is 0 Å². The van der Waals surface area contributed by atoms with Crippen LogP contribution >= 0.6 is 0 Å². The predicted molar refractivity (Wildman–Crippen MR) is 89.1 cm³/mol. The van der Waals surface area contributed by atoms with Crippen molar-refractivity contribution in [1.29, 1.82) is 0 Å². The zero-order valence-electron chi connectivity index (χ0n) is 13.9. The third kappa shape index (κ3) is 3.80. The standard InChI is InChI=1S/C16H28N6/c1-12-9-19-21(10-12)7-6-18-16(17-3)20-14-8-13(2)22(11-14)15-4-5-15/h9-10,13-15H,4-8,11H2,1-3H3,(H2,17,18,20). The molecule has 1 aromatic rings.